The molecule has 2 rings (SSSR count). The second-order valence-electron chi connectivity index (χ2n) is 4.76. The zero-order valence-electron chi connectivity index (χ0n) is 11.9. The molecule has 0 spiro atoms. The summed E-state index contributed by atoms with van der Waals surface area (Å²) in [7, 11) is 1.93. The van der Waals surface area contributed by atoms with E-state index in [-0.39, 0.29) is 6.04 Å². The monoisotopic (exact) mass is 256 g/mol. The van der Waals surface area contributed by atoms with E-state index in [0.29, 0.717) is 5.88 Å². The molecule has 100 valence electrons. The number of rotatable bonds is 4. The first-order chi connectivity index (χ1) is 9.11. The van der Waals surface area contributed by atoms with E-state index >= 15 is 0 Å². The van der Waals surface area contributed by atoms with Gasteiger partial charge >= 0.3 is 0 Å². The van der Waals surface area contributed by atoms with Gasteiger partial charge in [-0.2, -0.15) is 0 Å². The highest BCUT2D eigenvalue weighted by atomic mass is 16.5. The molecule has 0 radical (unpaired) electrons. The average molecular weight is 256 g/mol. The molecule has 1 aromatic heterocycles. The lowest BCUT2D eigenvalue weighted by atomic mass is 10.1. The fourth-order valence-corrected chi connectivity index (χ4v) is 1.86. The summed E-state index contributed by atoms with van der Waals surface area (Å²) < 4.78 is 5.92. The number of nitrogens with zero attached hydrogens (tertiary/aromatic N) is 1. The van der Waals surface area contributed by atoms with Gasteiger partial charge in [0.25, 0.3) is 0 Å². The zero-order chi connectivity index (χ0) is 13.8. The molecule has 0 aliphatic carbocycles. The summed E-state index contributed by atoms with van der Waals surface area (Å²) in [5.74, 6) is 1.49. The van der Waals surface area contributed by atoms with Crippen molar-refractivity contribution >= 4 is 0 Å². The molecule has 2 aromatic rings. The Kier molecular flexibility index (Phi) is 4.17. The Bertz CT molecular complexity index is 566. The first kappa shape index (κ1) is 13.6. The summed E-state index contributed by atoms with van der Waals surface area (Å²) in [6.07, 6.45) is 1.75. The molecule has 0 saturated carbocycles. The van der Waals surface area contributed by atoms with Gasteiger partial charge < -0.3 is 10.1 Å². The van der Waals surface area contributed by atoms with Gasteiger partial charge in [0.15, 0.2) is 0 Å². The highest BCUT2D eigenvalue weighted by molar-refractivity contribution is 5.38. The molecule has 19 heavy (non-hydrogen) atoms. The topological polar surface area (TPSA) is 34.2 Å². The van der Waals surface area contributed by atoms with Crippen LogP contribution in [-0.2, 0) is 0 Å². The van der Waals surface area contributed by atoms with Crippen LogP contribution in [-0.4, -0.2) is 12.0 Å². The van der Waals surface area contributed by atoms with Crippen LogP contribution in [0.3, 0.4) is 0 Å². The minimum atomic E-state index is 0.204. The van der Waals surface area contributed by atoms with E-state index < -0.39 is 0 Å². The molecule has 0 aliphatic rings. The van der Waals surface area contributed by atoms with Crippen LogP contribution in [0.25, 0.3) is 0 Å². The lowest BCUT2D eigenvalue weighted by Crippen LogP contribution is -2.13. The third kappa shape index (κ3) is 3.12. The summed E-state index contributed by atoms with van der Waals surface area (Å²) in [4.78, 5) is 4.33. The number of hydrogen-bond acceptors (Lipinski definition) is 3. The second kappa shape index (κ2) is 5.85. The Balaban J connectivity index is 2.30. The maximum absolute atomic E-state index is 5.92. The smallest absolute Gasteiger partial charge is 0.223 e. The van der Waals surface area contributed by atoms with Crippen molar-refractivity contribution in [2.75, 3.05) is 7.05 Å². The number of ether oxygens (including phenoxy) is 1. The number of aromatic nitrogens is 1. The lowest BCUT2D eigenvalue weighted by Gasteiger charge is -2.15. The van der Waals surface area contributed by atoms with Crippen molar-refractivity contribution in [2.24, 2.45) is 0 Å². The van der Waals surface area contributed by atoms with Crippen molar-refractivity contribution in [1.82, 2.24) is 10.3 Å². The van der Waals surface area contributed by atoms with E-state index in [0.717, 1.165) is 11.3 Å². The van der Waals surface area contributed by atoms with E-state index in [2.05, 4.69) is 37.1 Å². The predicted molar refractivity (Wildman–Crippen MR) is 77.7 cm³/mol. The zero-order valence-corrected chi connectivity index (χ0v) is 11.9. The summed E-state index contributed by atoms with van der Waals surface area (Å²) in [6, 6.07) is 10.2. The third-order valence-corrected chi connectivity index (χ3v) is 3.39. The summed E-state index contributed by atoms with van der Waals surface area (Å²) in [5.41, 5.74) is 3.54. The van der Waals surface area contributed by atoms with Crippen molar-refractivity contribution in [1.29, 1.82) is 0 Å². The minimum absolute atomic E-state index is 0.204. The molecule has 0 bridgehead atoms. The van der Waals surface area contributed by atoms with Crippen LogP contribution >= 0.6 is 0 Å². The Morgan fingerprint density at radius 2 is 1.95 bits per heavy atom. The Hall–Kier alpha value is -1.87. The standard InChI is InChI=1S/C16H20N2O/c1-11-7-8-14(10-12(11)2)19-16-15(13(3)17-4)6-5-9-18-16/h5-10,13,17H,1-4H3. The van der Waals surface area contributed by atoms with Crippen LogP contribution in [0, 0.1) is 13.8 Å². The van der Waals surface area contributed by atoms with Crippen LogP contribution in [0.2, 0.25) is 0 Å². The van der Waals surface area contributed by atoms with Gasteiger partial charge in [0.1, 0.15) is 5.75 Å². The van der Waals surface area contributed by atoms with Crippen molar-refractivity contribution < 1.29 is 4.74 Å². The van der Waals surface area contributed by atoms with E-state index in [1.54, 1.807) is 6.20 Å². The van der Waals surface area contributed by atoms with E-state index in [4.69, 9.17) is 4.74 Å². The molecule has 3 heteroatoms. The third-order valence-electron chi connectivity index (χ3n) is 3.39. The molecule has 0 saturated heterocycles. The van der Waals surface area contributed by atoms with Crippen molar-refractivity contribution in [3.63, 3.8) is 0 Å². The molecular formula is C16H20N2O. The highest BCUT2D eigenvalue weighted by Gasteiger charge is 2.11. The van der Waals surface area contributed by atoms with Crippen LogP contribution in [0.15, 0.2) is 36.5 Å². The van der Waals surface area contributed by atoms with Crippen LogP contribution in [0.1, 0.15) is 29.7 Å². The van der Waals surface area contributed by atoms with E-state index in [9.17, 15) is 0 Å². The van der Waals surface area contributed by atoms with Crippen molar-refractivity contribution in [2.45, 2.75) is 26.8 Å². The van der Waals surface area contributed by atoms with Gasteiger partial charge in [-0.25, -0.2) is 4.98 Å². The molecule has 1 unspecified atom stereocenters. The summed E-state index contributed by atoms with van der Waals surface area (Å²) in [6.45, 7) is 6.26. The molecule has 1 heterocycles. The molecule has 3 nitrogen and oxygen atoms in total. The highest BCUT2D eigenvalue weighted by Crippen LogP contribution is 2.28. The first-order valence-corrected chi connectivity index (χ1v) is 6.49. The Morgan fingerprint density at radius 1 is 1.16 bits per heavy atom. The maximum atomic E-state index is 5.92. The van der Waals surface area contributed by atoms with E-state index in [1.165, 1.54) is 11.1 Å². The quantitative estimate of drug-likeness (QED) is 0.904. The predicted octanol–water partition coefficient (Wildman–Crippen LogP) is 3.77. The van der Waals surface area contributed by atoms with E-state index in [1.807, 2.05) is 31.3 Å². The van der Waals surface area contributed by atoms with Crippen molar-refractivity contribution in [3.8, 4) is 11.6 Å². The van der Waals surface area contributed by atoms with Gasteiger partial charge in [-0.1, -0.05) is 12.1 Å². The lowest BCUT2D eigenvalue weighted by molar-refractivity contribution is 0.446. The summed E-state index contributed by atoms with van der Waals surface area (Å²) >= 11 is 0. The molecule has 1 atom stereocenters. The molecular weight excluding hydrogens is 236 g/mol. The number of hydrogen-bond donors (Lipinski definition) is 1. The maximum Gasteiger partial charge on any atom is 0.223 e. The van der Waals surface area contributed by atoms with Crippen LogP contribution < -0.4 is 10.1 Å². The van der Waals surface area contributed by atoms with Gasteiger partial charge in [-0.15, -0.1) is 0 Å². The number of nitrogens with one attached hydrogen (secondary N) is 1. The molecule has 0 amide bonds. The van der Waals surface area contributed by atoms with Gasteiger partial charge in [0.2, 0.25) is 5.88 Å². The van der Waals surface area contributed by atoms with Crippen molar-refractivity contribution in [3.05, 3.63) is 53.2 Å². The fourth-order valence-electron chi connectivity index (χ4n) is 1.86. The number of benzene rings is 1. The van der Waals surface area contributed by atoms with Crippen LogP contribution in [0.4, 0.5) is 0 Å². The first-order valence-electron chi connectivity index (χ1n) is 6.49. The normalized spacial score (nSPS) is 12.2. The fraction of sp³-hybridized carbons (Fsp3) is 0.312. The van der Waals surface area contributed by atoms with Gasteiger partial charge in [-0.05, 0) is 57.1 Å². The largest absolute Gasteiger partial charge is 0.439 e. The SMILES string of the molecule is CNC(C)c1cccnc1Oc1ccc(C)c(C)c1. The van der Waals surface area contributed by atoms with Gasteiger partial charge in [0, 0.05) is 17.8 Å². The average Bonchev–Trinajstić information content (AvgIpc) is 2.43. The number of pyridine rings is 1. The summed E-state index contributed by atoms with van der Waals surface area (Å²) in [5, 5.41) is 3.21. The molecule has 1 N–H and O–H groups in total. The van der Waals surface area contributed by atoms with Gasteiger partial charge in [0.05, 0.1) is 0 Å². The Labute approximate surface area is 114 Å². The molecule has 0 fully saturated rings. The second-order valence-corrected chi connectivity index (χ2v) is 4.76. The minimum Gasteiger partial charge on any atom is -0.439 e. The van der Waals surface area contributed by atoms with Crippen LogP contribution in [0.5, 0.6) is 11.6 Å². The molecule has 1 aromatic carbocycles. The van der Waals surface area contributed by atoms with Gasteiger partial charge in [-0.3, -0.25) is 0 Å². The molecule has 0 aliphatic heterocycles. The Morgan fingerprint density at radius 3 is 2.63 bits per heavy atom. The number of aryl methyl sites for hydroxylation is 2.